The zero-order valence-electron chi connectivity index (χ0n) is 11.4. The monoisotopic (exact) mass is 235 g/mol. The molecule has 0 aliphatic carbocycles. The first kappa shape index (κ1) is 12.6. The summed E-state index contributed by atoms with van der Waals surface area (Å²) in [7, 11) is 0. The number of nitrogens with zero attached hydrogens (tertiary/aromatic N) is 2. The third-order valence-corrected chi connectivity index (χ3v) is 3.62. The first-order valence-electron chi connectivity index (χ1n) is 6.83. The number of rotatable bonds is 1. The molecule has 2 rings (SSSR count). The van der Waals surface area contributed by atoms with Crippen LogP contribution in [0.2, 0.25) is 0 Å². The van der Waals surface area contributed by atoms with Crippen molar-refractivity contribution < 1.29 is 0 Å². The first-order valence-corrected chi connectivity index (χ1v) is 6.83. The lowest BCUT2D eigenvalue weighted by Crippen LogP contribution is -2.23. The van der Waals surface area contributed by atoms with E-state index >= 15 is 0 Å². The Morgan fingerprint density at radius 3 is 2.41 bits per heavy atom. The number of hydrogen-bond donors (Lipinski definition) is 1. The van der Waals surface area contributed by atoms with E-state index in [2.05, 4.69) is 42.1 Å². The molecule has 1 aromatic rings. The summed E-state index contributed by atoms with van der Waals surface area (Å²) in [6.07, 6.45) is 9.30. The second-order valence-corrected chi connectivity index (χ2v) is 6.15. The summed E-state index contributed by atoms with van der Waals surface area (Å²) >= 11 is 0. The van der Waals surface area contributed by atoms with Crippen molar-refractivity contribution >= 4 is 0 Å². The molecule has 0 amide bonds. The van der Waals surface area contributed by atoms with Crippen LogP contribution < -0.4 is 5.32 Å². The van der Waals surface area contributed by atoms with Crippen molar-refractivity contribution in [2.75, 3.05) is 13.1 Å². The van der Waals surface area contributed by atoms with Gasteiger partial charge >= 0.3 is 0 Å². The molecule has 1 fully saturated rings. The van der Waals surface area contributed by atoms with E-state index in [0.29, 0.717) is 6.04 Å². The highest BCUT2D eigenvalue weighted by Gasteiger charge is 2.19. The molecule has 2 heterocycles. The molecule has 0 unspecified atom stereocenters. The fourth-order valence-electron chi connectivity index (χ4n) is 2.38. The zero-order valence-corrected chi connectivity index (χ0v) is 11.4. The highest BCUT2D eigenvalue weighted by Crippen LogP contribution is 2.25. The molecule has 96 valence electrons. The van der Waals surface area contributed by atoms with Crippen molar-refractivity contribution in [2.45, 2.75) is 57.9 Å². The normalized spacial score (nSPS) is 19.9. The second-order valence-electron chi connectivity index (χ2n) is 6.15. The standard InChI is InChI=1S/C14H25N3/c1-14(2,3)12-10-16-17(11-12)13-6-4-8-15-9-5-7-13/h10-11,13,15H,4-9H2,1-3H3. The Bertz CT molecular complexity index is 341. The lowest BCUT2D eigenvalue weighted by atomic mass is 9.90. The van der Waals surface area contributed by atoms with Gasteiger partial charge in [-0.2, -0.15) is 5.10 Å². The van der Waals surface area contributed by atoms with Gasteiger partial charge in [0.15, 0.2) is 0 Å². The molecule has 1 aliphatic rings. The van der Waals surface area contributed by atoms with Crippen LogP contribution in [0.5, 0.6) is 0 Å². The number of aromatic nitrogens is 2. The third-order valence-electron chi connectivity index (χ3n) is 3.62. The lowest BCUT2D eigenvalue weighted by Gasteiger charge is -2.21. The molecule has 0 spiro atoms. The van der Waals surface area contributed by atoms with E-state index < -0.39 is 0 Å². The van der Waals surface area contributed by atoms with Gasteiger partial charge in [-0.05, 0) is 49.8 Å². The average Bonchev–Trinajstić information content (AvgIpc) is 2.65. The number of hydrogen-bond acceptors (Lipinski definition) is 2. The molecular weight excluding hydrogens is 210 g/mol. The molecule has 17 heavy (non-hydrogen) atoms. The molecule has 3 heteroatoms. The van der Waals surface area contributed by atoms with Crippen LogP contribution >= 0.6 is 0 Å². The van der Waals surface area contributed by atoms with Crippen molar-refractivity contribution in [3.05, 3.63) is 18.0 Å². The van der Waals surface area contributed by atoms with E-state index in [4.69, 9.17) is 0 Å². The topological polar surface area (TPSA) is 29.9 Å². The van der Waals surface area contributed by atoms with E-state index in [-0.39, 0.29) is 5.41 Å². The van der Waals surface area contributed by atoms with Gasteiger partial charge in [0.2, 0.25) is 0 Å². The summed E-state index contributed by atoms with van der Waals surface area (Å²) < 4.78 is 2.20. The van der Waals surface area contributed by atoms with Crippen LogP contribution in [0.3, 0.4) is 0 Å². The van der Waals surface area contributed by atoms with Crippen LogP contribution in [-0.2, 0) is 5.41 Å². The Labute approximate surface area is 105 Å². The Hall–Kier alpha value is -0.830. The molecule has 0 aromatic carbocycles. The Morgan fingerprint density at radius 2 is 1.88 bits per heavy atom. The maximum Gasteiger partial charge on any atom is 0.0527 e. The van der Waals surface area contributed by atoms with Crippen molar-refractivity contribution in [3.8, 4) is 0 Å². The quantitative estimate of drug-likeness (QED) is 0.811. The van der Waals surface area contributed by atoms with Crippen LogP contribution in [0.4, 0.5) is 0 Å². The van der Waals surface area contributed by atoms with Gasteiger partial charge in [0.1, 0.15) is 0 Å². The minimum atomic E-state index is 0.210. The fraction of sp³-hybridized carbons (Fsp3) is 0.786. The molecule has 0 atom stereocenters. The van der Waals surface area contributed by atoms with E-state index in [1.165, 1.54) is 31.2 Å². The predicted octanol–water partition coefficient (Wildman–Crippen LogP) is 2.89. The Kier molecular flexibility index (Phi) is 3.87. The van der Waals surface area contributed by atoms with Crippen LogP contribution in [0.1, 0.15) is 58.1 Å². The lowest BCUT2D eigenvalue weighted by molar-refractivity contribution is 0.354. The third kappa shape index (κ3) is 3.32. The molecule has 1 aromatic heterocycles. The van der Waals surface area contributed by atoms with Gasteiger partial charge in [-0.25, -0.2) is 0 Å². The van der Waals surface area contributed by atoms with Crippen molar-refractivity contribution in [3.63, 3.8) is 0 Å². The maximum atomic E-state index is 4.57. The summed E-state index contributed by atoms with van der Waals surface area (Å²) in [6, 6.07) is 0.605. The molecule has 1 saturated heterocycles. The molecule has 3 nitrogen and oxygen atoms in total. The molecule has 0 bridgehead atoms. The van der Waals surface area contributed by atoms with Crippen molar-refractivity contribution in [1.82, 2.24) is 15.1 Å². The van der Waals surface area contributed by atoms with Crippen LogP contribution in [-0.4, -0.2) is 22.9 Å². The van der Waals surface area contributed by atoms with Gasteiger partial charge in [-0.3, -0.25) is 4.68 Å². The SMILES string of the molecule is CC(C)(C)c1cnn(C2CCCNCCC2)c1. The fourth-order valence-corrected chi connectivity index (χ4v) is 2.38. The Morgan fingerprint density at radius 1 is 1.24 bits per heavy atom. The van der Waals surface area contributed by atoms with E-state index in [9.17, 15) is 0 Å². The summed E-state index contributed by atoms with van der Waals surface area (Å²) in [5.41, 5.74) is 1.55. The highest BCUT2D eigenvalue weighted by atomic mass is 15.3. The average molecular weight is 235 g/mol. The van der Waals surface area contributed by atoms with Crippen LogP contribution in [0.15, 0.2) is 12.4 Å². The number of nitrogens with one attached hydrogen (secondary N) is 1. The highest BCUT2D eigenvalue weighted by molar-refractivity contribution is 5.15. The zero-order chi connectivity index (χ0) is 12.3. The van der Waals surface area contributed by atoms with Crippen molar-refractivity contribution in [2.24, 2.45) is 0 Å². The minimum Gasteiger partial charge on any atom is -0.317 e. The first-order chi connectivity index (χ1) is 8.07. The van der Waals surface area contributed by atoms with Gasteiger partial charge in [-0.1, -0.05) is 20.8 Å². The molecule has 1 aliphatic heterocycles. The van der Waals surface area contributed by atoms with Crippen molar-refractivity contribution in [1.29, 1.82) is 0 Å². The second kappa shape index (κ2) is 5.21. The van der Waals surface area contributed by atoms with Gasteiger partial charge in [0.25, 0.3) is 0 Å². The van der Waals surface area contributed by atoms with Crippen LogP contribution in [0.25, 0.3) is 0 Å². The van der Waals surface area contributed by atoms with Crippen LogP contribution in [0, 0.1) is 0 Å². The molecule has 1 N–H and O–H groups in total. The summed E-state index contributed by atoms with van der Waals surface area (Å²) in [5.74, 6) is 0. The van der Waals surface area contributed by atoms with E-state index in [0.717, 1.165) is 13.1 Å². The largest absolute Gasteiger partial charge is 0.317 e. The van der Waals surface area contributed by atoms with Gasteiger partial charge in [0, 0.05) is 6.20 Å². The van der Waals surface area contributed by atoms with E-state index in [1.54, 1.807) is 0 Å². The minimum absolute atomic E-state index is 0.210. The predicted molar refractivity (Wildman–Crippen MR) is 71.3 cm³/mol. The van der Waals surface area contributed by atoms with Gasteiger partial charge in [0.05, 0.1) is 12.2 Å². The smallest absolute Gasteiger partial charge is 0.0527 e. The molecule has 0 radical (unpaired) electrons. The molecule has 0 saturated carbocycles. The van der Waals surface area contributed by atoms with Gasteiger partial charge in [-0.15, -0.1) is 0 Å². The summed E-state index contributed by atoms with van der Waals surface area (Å²) in [6.45, 7) is 9.05. The maximum absolute atomic E-state index is 4.57. The van der Waals surface area contributed by atoms with Gasteiger partial charge < -0.3 is 5.32 Å². The summed E-state index contributed by atoms with van der Waals surface area (Å²) in [4.78, 5) is 0. The summed E-state index contributed by atoms with van der Waals surface area (Å²) in [5, 5.41) is 8.03. The van der Waals surface area contributed by atoms with E-state index in [1.807, 2.05) is 6.20 Å². The molecular formula is C14H25N3. The Balaban J connectivity index is 2.07.